The first-order valence-electron chi connectivity index (χ1n) is 29.1. The Morgan fingerprint density at radius 1 is 0.514 bits per heavy atom. The Bertz CT molecular complexity index is 3370. The van der Waals surface area contributed by atoms with Crippen molar-refractivity contribution in [3.05, 3.63) is 125 Å². The van der Waals surface area contributed by atoms with Crippen LogP contribution in [0.2, 0.25) is 0 Å². The molecular weight excluding hydrogens is 909 g/mol. The van der Waals surface area contributed by atoms with E-state index in [1.165, 1.54) is 146 Å². The molecule has 5 aromatic carbocycles. The smallest absolute Gasteiger partial charge is 0.0548 e. The molecule has 15 rings (SSSR count). The van der Waals surface area contributed by atoms with Gasteiger partial charge in [0.15, 0.2) is 0 Å². The topological polar surface area (TPSA) is 88.8 Å². The Kier molecular flexibility index (Phi) is 11.7. The molecule has 10 heterocycles. The van der Waals surface area contributed by atoms with E-state index in [4.69, 9.17) is 4.99 Å². The van der Waals surface area contributed by atoms with Crippen molar-refractivity contribution in [2.24, 2.45) is 4.99 Å². The van der Waals surface area contributed by atoms with E-state index >= 15 is 0 Å². The van der Waals surface area contributed by atoms with Crippen LogP contribution in [0.3, 0.4) is 0 Å². The highest BCUT2D eigenvalue weighted by Gasteiger charge is 2.41. The van der Waals surface area contributed by atoms with Gasteiger partial charge in [-0.1, -0.05) is 48.5 Å². The molecule has 0 amide bonds. The maximum atomic E-state index is 5.21. The molecule has 5 N–H and O–H groups in total. The zero-order valence-electron chi connectivity index (χ0n) is 43.8. The van der Waals surface area contributed by atoms with Crippen molar-refractivity contribution >= 4 is 54.9 Å². The van der Waals surface area contributed by atoms with E-state index in [0.29, 0.717) is 54.0 Å². The zero-order chi connectivity index (χ0) is 49.0. The van der Waals surface area contributed by atoms with Crippen LogP contribution in [0.1, 0.15) is 117 Å². The Morgan fingerprint density at radius 2 is 1.19 bits per heavy atom. The first-order chi connectivity index (χ1) is 36.5. The number of fused-ring (bicyclic) bond motifs is 11. The second-order valence-electron chi connectivity index (χ2n) is 23.9. The van der Waals surface area contributed by atoms with Crippen molar-refractivity contribution in [2.75, 3.05) is 66.5 Å². The van der Waals surface area contributed by atoms with Gasteiger partial charge < -0.3 is 40.6 Å². The number of hydrogen-bond donors (Lipinski definition) is 5. The van der Waals surface area contributed by atoms with Crippen LogP contribution >= 0.6 is 0 Å². The van der Waals surface area contributed by atoms with Crippen molar-refractivity contribution in [2.45, 2.75) is 131 Å². The number of likely N-dealkylation sites (N-methyl/N-ethyl adjacent to an activating group) is 2. The second-order valence-corrected chi connectivity index (χ2v) is 23.9. The van der Waals surface area contributed by atoms with Crippen molar-refractivity contribution in [3.8, 4) is 11.4 Å². The average Bonchev–Trinajstić information content (AvgIpc) is 3.98. The summed E-state index contributed by atoms with van der Waals surface area (Å²) in [5.74, 6) is 1.33. The van der Waals surface area contributed by atoms with Crippen LogP contribution in [0.4, 0.5) is 0 Å². The summed E-state index contributed by atoms with van der Waals surface area (Å²) >= 11 is 0. The van der Waals surface area contributed by atoms with Crippen LogP contribution < -0.4 is 26.6 Å². The molecule has 2 aromatic heterocycles. The molecule has 10 nitrogen and oxygen atoms in total. The third-order valence-corrected chi connectivity index (χ3v) is 19.9. The van der Waals surface area contributed by atoms with Gasteiger partial charge in [0.25, 0.3) is 0 Å². The summed E-state index contributed by atoms with van der Waals surface area (Å²) in [7, 11) is 4.73. The summed E-state index contributed by atoms with van der Waals surface area (Å²) in [6, 6.07) is 42.0. The van der Waals surface area contributed by atoms with Gasteiger partial charge in [-0.2, -0.15) is 0 Å². The van der Waals surface area contributed by atoms with Crippen LogP contribution in [0.25, 0.3) is 60.6 Å². The standard InChI is InChI=1S/C64H76N10/c1-71-31-9-15-53-63(71)47(23-29-67-53)41-33-39(45-21-27-65-51-13-7-25-69-61(45)51)35-43(37-41)73-55-17-5-3-11-49(55)59-57(73)19-20-58-60(59)50-12-4-6-18-56(50)74(58)44-36-40(46-22-28-66-52-14-8-26-70-62(46)52)34-42(38-44)48-24-30-68-54-16-10-32-72(2)64(48)54/h3-6,11-12,17-20,33-38,45,47-48,51-52,54,61,63-66,68-70H,7-10,13-16,21-32H2,1-2H3. The minimum absolute atomic E-state index is 0.365. The lowest BCUT2D eigenvalue weighted by atomic mass is 9.75. The lowest BCUT2D eigenvalue weighted by molar-refractivity contribution is 0.0937. The normalized spacial score (nSPS) is 30.0. The van der Waals surface area contributed by atoms with E-state index in [9.17, 15) is 0 Å². The van der Waals surface area contributed by atoms with Gasteiger partial charge in [-0.15, -0.1) is 0 Å². The molecule has 10 heteroatoms. The van der Waals surface area contributed by atoms with E-state index in [1.54, 1.807) is 0 Å². The molecule has 6 fully saturated rings. The van der Waals surface area contributed by atoms with Gasteiger partial charge in [0, 0.05) is 105 Å². The van der Waals surface area contributed by atoms with Gasteiger partial charge >= 0.3 is 0 Å². The summed E-state index contributed by atoms with van der Waals surface area (Å²) in [5, 5.41) is 25.1. The number of nitrogens with one attached hydrogen (secondary N) is 5. The molecular formula is C64H76N10. The molecule has 8 aliphatic rings. The van der Waals surface area contributed by atoms with Crippen LogP contribution in [0, 0.1) is 0 Å². The maximum absolute atomic E-state index is 5.21. The number of para-hydroxylation sites is 2. The predicted molar refractivity (Wildman–Crippen MR) is 306 cm³/mol. The predicted octanol–water partition coefficient (Wildman–Crippen LogP) is 10.1. The molecule has 0 bridgehead atoms. The second kappa shape index (κ2) is 18.7. The van der Waals surface area contributed by atoms with E-state index in [2.05, 4.69) is 157 Å². The van der Waals surface area contributed by atoms with E-state index in [-0.39, 0.29) is 0 Å². The molecule has 9 atom stereocenters. The SMILES string of the molecule is CN1CCCC2=NCCC(c3cc(C4CCNC5CCCNC54)cc(-n4c5ccccc5c5c6c7ccccc7n(-c7cc(C8=C9NCCCC9NCC8)cc(C8CCNC9CCCN(C)C98)c7)c6ccc54)c3)C21. The van der Waals surface area contributed by atoms with Gasteiger partial charge in [-0.25, -0.2) is 0 Å². The van der Waals surface area contributed by atoms with E-state index < -0.39 is 0 Å². The van der Waals surface area contributed by atoms with Crippen molar-refractivity contribution in [3.63, 3.8) is 0 Å². The number of benzene rings is 5. The van der Waals surface area contributed by atoms with Gasteiger partial charge in [0.2, 0.25) is 0 Å². The lowest BCUT2D eigenvalue weighted by Gasteiger charge is -2.47. The maximum Gasteiger partial charge on any atom is 0.0548 e. The Hall–Kier alpha value is -5.33. The van der Waals surface area contributed by atoms with Crippen LogP contribution in [-0.4, -0.2) is 127 Å². The number of aliphatic imine (C=N–C) groups is 1. The molecule has 74 heavy (non-hydrogen) atoms. The summed E-state index contributed by atoms with van der Waals surface area (Å²) < 4.78 is 5.31. The van der Waals surface area contributed by atoms with Gasteiger partial charge in [0.1, 0.15) is 0 Å². The van der Waals surface area contributed by atoms with Crippen molar-refractivity contribution in [1.29, 1.82) is 0 Å². The van der Waals surface area contributed by atoms with Gasteiger partial charge in [-0.05, 0) is 207 Å². The molecule has 8 aliphatic heterocycles. The number of hydrogen-bond acceptors (Lipinski definition) is 8. The lowest BCUT2D eigenvalue weighted by Crippen LogP contribution is -2.58. The molecule has 7 aromatic rings. The van der Waals surface area contributed by atoms with E-state index in [0.717, 1.165) is 77.9 Å². The molecule has 0 radical (unpaired) electrons. The van der Waals surface area contributed by atoms with Crippen LogP contribution in [0.5, 0.6) is 0 Å². The third kappa shape index (κ3) is 7.51. The summed E-state index contributed by atoms with van der Waals surface area (Å²) in [6.07, 6.45) is 14.2. The number of aromatic nitrogens is 2. The van der Waals surface area contributed by atoms with E-state index in [1.807, 2.05) is 0 Å². The average molecular weight is 985 g/mol. The van der Waals surface area contributed by atoms with Gasteiger partial charge in [-0.3, -0.25) is 9.89 Å². The number of nitrogens with zero attached hydrogens (tertiary/aromatic N) is 5. The van der Waals surface area contributed by atoms with Crippen LogP contribution in [0.15, 0.2) is 108 Å². The molecule has 6 saturated heterocycles. The fourth-order valence-corrected chi connectivity index (χ4v) is 16.7. The highest BCUT2D eigenvalue weighted by Crippen LogP contribution is 2.46. The number of likely N-dealkylation sites (tertiary alicyclic amines) is 2. The Balaban J connectivity index is 0.949. The first-order valence-corrected chi connectivity index (χ1v) is 29.1. The largest absolute Gasteiger partial charge is 0.387 e. The minimum Gasteiger partial charge on any atom is -0.387 e. The Labute approximate surface area is 437 Å². The third-order valence-electron chi connectivity index (χ3n) is 19.9. The number of piperidine rings is 6. The molecule has 0 spiro atoms. The highest BCUT2D eigenvalue weighted by molar-refractivity contribution is 6.29. The molecule has 382 valence electrons. The first kappa shape index (κ1) is 46.0. The summed E-state index contributed by atoms with van der Waals surface area (Å²) in [6.45, 7) is 8.57. The van der Waals surface area contributed by atoms with Crippen molar-refractivity contribution < 1.29 is 0 Å². The van der Waals surface area contributed by atoms with Crippen LogP contribution in [-0.2, 0) is 0 Å². The summed E-state index contributed by atoms with van der Waals surface area (Å²) in [5.41, 5.74) is 18.0. The Morgan fingerprint density at radius 3 is 1.99 bits per heavy atom. The molecule has 0 aliphatic carbocycles. The number of rotatable bonds is 6. The quantitative estimate of drug-likeness (QED) is 0.113. The van der Waals surface area contributed by atoms with Gasteiger partial charge in [0.05, 0.1) is 28.1 Å². The fraction of sp³-hybridized carbons (Fsp3) is 0.484. The molecule has 9 unspecified atom stereocenters. The highest BCUT2D eigenvalue weighted by atomic mass is 15.2. The fourth-order valence-electron chi connectivity index (χ4n) is 16.7. The molecule has 0 saturated carbocycles. The van der Waals surface area contributed by atoms with Crippen molar-refractivity contribution in [1.82, 2.24) is 45.5 Å². The minimum atomic E-state index is 0.365. The monoisotopic (exact) mass is 985 g/mol. The summed E-state index contributed by atoms with van der Waals surface area (Å²) in [4.78, 5) is 10.5. The zero-order valence-corrected chi connectivity index (χ0v) is 43.8.